The molecule has 0 spiro atoms. The highest BCUT2D eigenvalue weighted by Crippen LogP contribution is 2.19. The molecule has 0 nitrogen and oxygen atoms in total. The topological polar surface area (TPSA) is 0 Å². The molecular formula is C4H10Cl3Si2. The second-order valence-electron chi connectivity index (χ2n) is 1.93. The van der Waals surface area contributed by atoms with Crippen molar-refractivity contribution in [2.24, 2.45) is 0 Å². The van der Waals surface area contributed by atoms with Crippen molar-refractivity contribution in [2.45, 2.75) is 18.9 Å². The van der Waals surface area contributed by atoms with Crippen molar-refractivity contribution in [3.8, 4) is 0 Å². The maximum atomic E-state index is 5.68. The molecule has 0 aromatic rings. The molecule has 0 bridgehead atoms. The van der Waals surface area contributed by atoms with Crippen LogP contribution in [0.3, 0.4) is 0 Å². The van der Waals surface area contributed by atoms with Gasteiger partial charge in [-0.05, 0) is 0 Å². The predicted octanol–water partition coefficient (Wildman–Crippen LogP) is 2.34. The van der Waals surface area contributed by atoms with Gasteiger partial charge in [0.25, 0.3) is 0 Å². The van der Waals surface area contributed by atoms with Crippen molar-refractivity contribution in [3.63, 3.8) is 0 Å². The highest BCUT2D eigenvalue weighted by atomic mass is 35.8. The normalized spacial score (nSPS) is 13.3. The SMILES string of the molecule is [CH2]CCC[SiH2][Si](Cl)(Cl)Cl. The molecule has 5 heteroatoms. The minimum atomic E-state index is -2.17. The highest BCUT2D eigenvalue weighted by Gasteiger charge is 2.23. The summed E-state index contributed by atoms with van der Waals surface area (Å²) >= 11 is 17.0. The Morgan fingerprint density at radius 1 is 1.33 bits per heavy atom. The van der Waals surface area contributed by atoms with Gasteiger partial charge in [0.2, 0.25) is 0 Å². The molecule has 0 saturated carbocycles. The summed E-state index contributed by atoms with van der Waals surface area (Å²) in [6.45, 7) is 3.71. The van der Waals surface area contributed by atoms with Gasteiger partial charge in [-0.1, -0.05) is 25.8 Å². The summed E-state index contributed by atoms with van der Waals surface area (Å²) in [5.74, 6) is 0. The van der Waals surface area contributed by atoms with Crippen LogP contribution in [0.5, 0.6) is 0 Å². The van der Waals surface area contributed by atoms with Crippen LogP contribution in [0, 0.1) is 6.92 Å². The fourth-order valence-electron chi connectivity index (χ4n) is 0.502. The predicted molar refractivity (Wildman–Crippen MR) is 51.3 cm³/mol. The van der Waals surface area contributed by atoms with E-state index in [1.165, 1.54) is 0 Å². The molecule has 0 aromatic heterocycles. The summed E-state index contributed by atoms with van der Waals surface area (Å²) in [6.07, 6.45) is 2.11. The van der Waals surface area contributed by atoms with Crippen LogP contribution in [0.1, 0.15) is 12.8 Å². The molecule has 0 atom stereocenters. The molecule has 0 aliphatic heterocycles. The number of unbranched alkanes of at least 4 members (excludes halogenated alkanes) is 1. The third-order valence-corrected chi connectivity index (χ3v) is 10.2. The molecule has 0 heterocycles. The Morgan fingerprint density at radius 2 is 1.89 bits per heavy atom. The van der Waals surface area contributed by atoms with E-state index in [4.69, 9.17) is 33.2 Å². The average Bonchev–Trinajstić information content (AvgIpc) is 1.63. The molecule has 0 rings (SSSR count). The van der Waals surface area contributed by atoms with Gasteiger partial charge in [0.05, 0.1) is 9.04 Å². The van der Waals surface area contributed by atoms with Gasteiger partial charge in [0, 0.05) is 0 Å². The van der Waals surface area contributed by atoms with Crippen LogP contribution < -0.4 is 0 Å². The van der Waals surface area contributed by atoms with Gasteiger partial charge in [-0.15, -0.1) is 33.2 Å². The van der Waals surface area contributed by atoms with Crippen LogP contribution in [-0.4, -0.2) is 14.6 Å². The van der Waals surface area contributed by atoms with E-state index in [0.29, 0.717) is 0 Å². The van der Waals surface area contributed by atoms with Crippen molar-refractivity contribution in [1.29, 1.82) is 0 Å². The van der Waals surface area contributed by atoms with Crippen molar-refractivity contribution in [2.75, 3.05) is 0 Å². The zero-order valence-electron chi connectivity index (χ0n) is 5.17. The molecule has 0 N–H and O–H groups in total. The first-order valence-corrected chi connectivity index (χ1v) is 11.3. The van der Waals surface area contributed by atoms with Crippen LogP contribution in [0.25, 0.3) is 0 Å². The van der Waals surface area contributed by atoms with E-state index >= 15 is 0 Å². The summed E-state index contributed by atoms with van der Waals surface area (Å²) in [7, 11) is -0.366. The lowest BCUT2D eigenvalue weighted by Crippen LogP contribution is -2.20. The number of halogens is 3. The largest absolute Gasteiger partial charge is 0.317 e. The fourth-order valence-corrected chi connectivity index (χ4v) is 7.07. The van der Waals surface area contributed by atoms with Crippen molar-refractivity contribution in [1.82, 2.24) is 0 Å². The molecule has 0 aliphatic rings. The number of hydrogen-bond donors (Lipinski definition) is 0. The van der Waals surface area contributed by atoms with Crippen LogP contribution in [-0.2, 0) is 0 Å². The molecule has 0 amide bonds. The van der Waals surface area contributed by atoms with Gasteiger partial charge >= 0.3 is 5.52 Å². The molecule has 0 aromatic carbocycles. The lowest BCUT2D eigenvalue weighted by molar-refractivity contribution is 0.951. The molecule has 9 heavy (non-hydrogen) atoms. The standard InChI is InChI=1S/C4H10Cl3Si2/c1-2-3-4-8-9(5,6)7/h1-4,8H2. The van der Waals surface area contributed by atoms with E-state index in [1.54, 1.807) is 0 Å². The summed E-state index contributed by atoms with van der Waals surface area (Å²) in [4.78, 5) is 0. The second-order valence-corrected chi connectivity index (χ2v) is 20.6. The van der Waals surface area contributed by atoms with E-state index in [1.807, 2.05) is 0 Å². The molecule has 1 radical (unpaired) electrons. The highest BCUT2D eigenvalue weighted by molar-refractivity contribution is 7.82. The molecular weight excluding hydrogens is 211 g/mol. The Labute approximate surface area is 73.6 Å². The van der Waals surface area contributed by atoms with Gasteiger partial charge in [0.15, 0.2) is 0 Å². The van der Waals surface area contributed by atoms with Crippen LogP contribution in [0.2, 0.25) is 6.04 Å². The van der Waals surface area contributed by atoms with E-state index in [-0.39, 0.29) is 9.04 Å². The zero-order chi connectivity index (χ0) is 7.33. The Bertz CT molecular complexity index is 70.7. The van der Waals surface area contributed by atoms with Gasteiger partial charge in [0.1, 0.15) is 0 Å². The van der Waals surface area contributed by atoms with Gasteiger partial charge in [-0.25, -0.2) is 0 Å². The summed E-state index contributed by atoms with van der Waals surface area (Å²) in [5, 5.41) is 0. The number of rotatable bonds is 4. The summed E-state index contributed by atoms with van der Waals surface area (Å²) < 4.78 is 0. The van der Waals surface area contributed by atoms with E-state index in [2.05, 4.69) is 6.92 Å². The monoisotopic (exact) mass is 219 g/mol. The maximum Gasteiger partial charge on any atom is 0.317 e. The first-order chi connectivity index (χ1) is 4.06. The van der Waals surface area contributed by atoms with Crippen LogP contribution >= 0.6 is 33.2 Å². The average molecular weight is 221 g/mol. The van der Waals surface area contributed by atoms with E-state index in [0.717, 1.165) is 18.9 Å². The smallest absolute Gasteiger partial charge is 0.130 e. The quantitative estimate of drug-likeness (QED) is 0.388. The Hall–Kier alpha value is 1.30. The third-order valence-electron chi connectivity index (χ3n) is 0.960. The number of hydrogen-bond acceptors (Lipinski definition) is 0. The Morgan fingerprint density at radius 3 is 2.22 bits per heavy atom. The molecule has 0 saturated heterocycles. The molecule has 0 fully saturated rings. The van der Waals surface area contributed by atoms with Crippen LogP contribution in [0.15, 0.2) is 0 Å². The van der Waals surface area contributed by atoms with Crippen molar-refractivity contribution < 1.29 is 0 Å². The zero-order valence-corrected chi connectivity index (χ0v) is 9.85. The van der Waals surface area contributed by atoms with Gasteiger partial charge < -0.3 is 0 Å². The first kappa shape index (κ1) is 10.3. The minimum Gasteiger partial charge on any atom is -0.130 e. The molecule has 0 unspecified atom stereocenters. The van der Waals surface area contributed by atoms with Crippen molar-refractivity contribution >= 4 is 47.8 Å². The summed E-state index contributed by atoms with van der Waals surface area (Å²) in [6, 6.07) is 1.15. The second kappa shape index (κ2) is 5.02. The molecule has 0 aliphatic carbocycles. The molecule has 55 valence electrons. The van der Waals surface area contributed by atoms with Gasteiger partial charge in [-0.3, -0.25) is 0 Å². The lowest BCUT2D eigenvalue weighted by Gasteiger charge is -2.04. The van der Waals surface area contributed by atoms with Gasteiger partial charge in [-0.2, -0.15) is 0 Å². The Kier molecular flexibility index (Phi) is 5.75. The maximum absolute atomic E-state index is 5.68. The Balaban J connectivity index is 3.07. The lowest BCUT2D eigenvalue weighted by atomic mass is 10.4. The van der Waals surface area contributed by atoms with E-state index < -0.39 is 5.52 Å². The van der Waals surface area contributed by atoms with Crippen LogP contribution in [0.4, 0.5) is 0 Å². The minimum absolute atomic E-state index is 0.366. The fraction of sp³-hybridized carbons (Fsp3) is 0.750. The van der Waals surface area contributed by atoms with E-state index in [9.17, 15) is 0 Å². The first-order valence-electron chi connectivity index (χ1n) is 2.92. The third kappa shape index (κ3) is 9.30. The summed E-state index contributed by atoms with van der Waals surface area (Å²) in [5.41, 5.74) is -2.17. The van der Waals surface area contributed by atoms with Crippen molar-refractivity contribution in [3.05, 3.63) is 6.92 Å².